The van der Waals surface area contributed by atoms with E-state index in [0.29, 0.717) is 24.3 Å². The Bertz CT molecular complexity index is 264. The summed E-state index contributed by atoms with van der Waals surface area (Å²) in [4.78, 5) is 14.4. The summed E-state index contributed by atoms with van der Waals surface area (Å²) in [7, 11) is 0. The third kappa shape index (κ3) is 4.81. The number of hydrogen-bond donors (Lipinski definition) is 0. The Morgan fingerprint density at radius 1 is 1.21 bits per heavy atom. The summed E-state index contributed by atoms with van der Waals surface area (Å²) in [6, 6.07) is 0.519. The van der Waals surface area contributed by atoms with E-state index in [1.54, 1.807) is 0 Å². The van der Waals surface area contributed by atoms with Gasteiger partial charge in [-0.2, -0.15) is 0 Å². The average molecular weight is 267 g/mol. The van der Waals surface area contributed by atoms with Gasteiger partial charge in [-0.15, -0.1) is 0 Å². The zero-order valence-electron chi connectivity index (χ0n) is 13.5. The van der Waals surface area contributed by atoms with Gasteiger partial charge in [0.05, 0.1) is 0 Å². The molecule has 1 aliphatic heterocycles. The van der Waals surface area contributed by atoms with Gasteiger partial charge in [-0.25, -0.2) is 0 Å². The maximum atomic E-state index is 12.2. The minimum absolute atomic E-state index is 0.366. The van der Waals surface area contributed by atoms with Crippen molar-refractivity contribution in [2.75, 3.05) is 6.54 Å². The van der Waals surface area contributed by atoms with Crippen LogP contribution in [0.3, 0.4) is 0 Å². The molecule has 0 aromatic heterocycles. The monoisotopic (exact) mass is 267 g/mol. The van der Waals surface area contributed by atoms with Crippen molar-refractivity contribution >= 4 is 5.91 Å². The van der Waals surface area contributed by atoms with Crippen molar-refractivity contribution in [3.63, 3.8) is 0 Å². The molecule has 3 unspecified atom stereocenters. The van der Waals surface area contributed by atoms with Crippen molar-refractivity contribution in [2.45, 2.75) is 85.1 Å². The highest BCUT2D eigenvalue weighted by Crippen LogP contribution is 2.31. The summed E-state index contributed by atoms with van der Waals surface area (Å²) < 4.78 is 0. The second kappa shape index (κ2) is 8.60. The molecule has 1 fully saturated rings. The molecule has 0 radical (unpaired) electrons. The van der Waals surface area contributed by atoms with Crippen LogP contribution in [0.25, 0.3) is 0 Å². The van der Waals surface area contributed by atoms with Crippen LogP contribution in [0.2, 0.25) is 0 Å². The zero-order chi connectivity index (χ0) is 14.3. The second-order valence-corrected chi connectivity index (χ2v) is 6.31. The molecule has 0 aromatic carbocycles. The SMILES string of the molecule is CCCCCC(CC)C1CCC(C)CN1C(=O)CC. The van der Waals surface area contributed by atoms with Crippen molar-refractivity contribution in [3.8, 4) is 0 Å². The summed E-state index contributed by atoms with van der Waals surface area (Å²) in [5, 5.41) is 0. The van der Waals surface area contributed by atoms with Crippen LogP contribution in [-0.2, 0) is 4.79 Å². The Kier molecular flexibility index (Phi) is 7.48. The average Bonchev–Trinajstić information content (AvgIpc) is 2.43. The first kappa shape index (κ1) is 16.5. The Morgan fingerprint density at radius 2 is 1.95 bits per heavy atom. The predicted molar refractivity (Wildman–Crippen MR) is 82.1 cm³/mol. The van der Waals surface area contributed by atoms with E-state index in [-0.39, 0.29) is 0 Å². The van der Waals surface area contributed by atoms with Gasteiger partial charge in [0.2, 0.25) is 5.91 Å². The fourth-order valence-corrected chi connectivity index (χ4v) is 3.48. The first-order valence-corrected chi connectivity index (χ1v) is 8.43. The molecule has 0 aliphatic carbocycles. The smallest absolute Gasteiger partial charge is 0.222 e. The summed E-state index contributed by atoms with van der Waals surface area (Å²) in [5.74, 6) is 1.76. The Morgan fingerprint density at radius 3 is 2.53 bits per heavy atom. The van der Waals surface area contributed by atoms with Gasteiger partial charge in [0.15, 0.2) is 0 Å². The number of carbonyl (C=O) groups excluding carboxylic acids is 1. The van der Waals surface area contributed by atoms with E-state index in [1.165, 1.54) is 44.9 Å². The number of unbranched alkanes of at least 4 members (excludes halogenated alkanes) is 2. The third-order valence-corrected chi connectivity index (χ3v) is 4.73. The molecule has 0 N–H and O–H groups in total. The maximum Gasteiger partial charge on any atom is 0.222 e. The van der Waals surface area contributed by atoms with Crippen LogP contribution in [0.4, 0.5) is 0 Å². The van der Waals surface area contributed by atoms with Gasteiger partial charge in [-0.05, 0) is 31.1 Å². The lowest BCUT2D eigenvalue weighted by Gasteiger charge is -2.42. The quantitative estimate of drug-likeness (QED) is 0.616. The van der Waals surface area contributed by atoms with Crippen LogP contribution >= 0.6 is 0 Å². The predicted octanol–water partition coefficient (Wildman–Crippen LogP) is 4.63. The molecule has 0 saturated carbocycles. The fourth-order valence-electron chi connectivity index (χ4n) is 3.48. The van der Waals surface area contributed by atoms with E-state index in [1.807, 2.05) is 6.92 Å². The lowest BCUT2D eigenvalue weighted by atomic mass is 9.82. The van der Waals surface area contributed by atoms with E-state index >= 15 is 0 Å². The molecule has 1 amide bonds. The molecule has 3 atom stereocenters. The van der Waals surface area contributed by atoms with Crippen LogP contribution in [0, 0.1) is 11.8 Å². The van der Waals surface area contributed by atoms with Crippen LogP contribution in [-0.4, -0.2) is 23.4 Å². The number of likely N-dealkylation sites (tertiary alicyclic amines) is 1. The molecule has 1 aliphatic rings. The van der Waals surface area contributed by atoms with Crippen LogP contribution in [0.5, 0.6) is 0 Å². The summed E-state index contributed by atoms with van der Waals surface area (Å²) in [5.41, 5.74) is 0. The Balaban J connectivity index is 2.65. The largest absolute Gasteiger partial charge is 0.339 e. The minimum Gasteiger partial charge on any atom is -0.339 e. The second-order valence-electron chi connectivity index (χ2n) is 6.31. The number of piperidine rings is 1. The molecule has 2 nitrogen and oxygen atoms in total. The summed E-state index contributed by atoms with van der Waals surface area (Å²) in [6.45, 7) is 9.82. The highest BCUT2D eigenvalue weighted by Gasteiger charge is 2.33. The summed E-state index contributed by atoms with van der Waals surface area (Å²) >= 11 is 0. The van der Waals surface area contributed by atoms with Crippen molar-refractivity contribution in [1.82, 2.24) is 4.90 Å². The standard InChI is InChI=1S/C17H33NO/c1-5-8-9-10-15(6-2)16-12-11-14(4)13-18(16)17(19)7-3/h14-16H,5-13H2,1-4H3. The molecular formula is C17H33NO. The Labute approximate surface area is 119 Å². The molecule has 2 heteroatoms. The Hall–Kier alpha value is -0.530. The van der Waals surface area contributed by atoms with Gasteiger partial charge >= 0.3 is 0 Å². The van der Waals surface area contributed by atoms with Gasteiger partial charge in [-0.3, -0.25) is 4.79 Å². The van der Waals surface area contributed by atoms with E-state index in [0.717, 1.165) is 12.5 Å². The van der Waals surface area contributed by atoms with E-state index in [9.17, 15) is 4.79 Å². The van der Waals surface area contributed by atoms with Gasteiger partial charge < -0.3 is 4.90 Å². The highest BCUT2D eigenvalue weighted by atomic mass is 16.2. The topological polar surface area (TPSA) is 20.3 Å². The lowest BCUT2D eigenvalue weighted by Crippen LogP contribution is -2.49. The lowest BCUT2D eigenvalue weighted by molar-refractivity contribution is -0.137. The number of hydrogen-bond acceptors (Lipinski definition) is 1. The number of rotatable bonds is 7. The molecule has 0 bridgehead atoms. The first-order chi connectivity index (χ1) is 9.13. The fraction of sp³-hybridized carbons (Fsp3) is 0.941. The molecule has 112 valence electrons. The van der Waals surface area contributed by atoms with Gasteiger partial charge in [-0.1, -0.05) is 53.4 Å². The number of nitrogens with zero attached hydrogens (tertiary/aromatic N) is 1. The highest BCUT2D eigenvalue weighted by molar-refractivity contribution is 5.76. The van der Waals surface area contributed by atoms with E-state index in [4.69, 9.17) is 0 Å². The van der Waals surface area contributed by atoms with Crippen LogP contribution in [0.15, 0.2) is 0 Å². The first-order valence-electron chi connectivity index (χ1n) is 8.43. The zero-order valence-corrected chi connectivity index (χ0v) is 13.5. The van der Waals surface area contributed by atoms with Crippen LogP contribution in [0.1, 0.15) is 79.1 Å². The maximum absolute atomic E-state index is 12.2. The van der Waals surface area contributed by atoms with Gasteiger partial charge in [0, 0.05) is 19.0 Å². The van der Waals surface area contributed by atoms with Crippen molar-refractivity contribution < 1.29 is 4.79 Å². The molecule has 1 heterocycles. The van der Waals surface area contributed by atoms with Gasteiger partial charge in [0.1, 0.15) is 0 Å². The molecule has 19 heavy (non-hydrogen) atoms. The molecule has 0 aromatic rings. The number of amides is 1. The van der Waals surface area contributed by atoms with Crippen LogP contribution < -0.4 is 0 Å². The van der Waals surface area contributed by atoms with Gasteiger partial charge in [0.25, 0.3) is 0 Å². The van der Waals surface area contributed by atoms with Crippen molar-refractivity contribution in [2.24, 2.45) is 11.8 Å². The normalized spacial score (nSPS) is 25.4. The molecular weight excluding hydrogens is 234 g/mol. The van der Waals surface area contributed by atoms with Crippen molar-refractivity contribution in [1.29, 1.82) is 0 Å². The summed E-state index contributed by atoms with van der Waals surface area (Å²) in [6.07, 6.45) is 9.65. The molecule has 1 saturated heterocycles. The number of carbonyl (C=O) groups is 1. The minimum atomic E-state index is 0.366. The molecule has 1 rings (SSSR count). The molecule has 0 spiro atoms. The third-order valence-electron chi connectivity index (χ3n) is 4.73. The van der Waals surface area contributed by atoms with Crippen molar-refractivity contribution in [3.05, 3.63) is 0 Å². The van der Waals surface area contributed by atoms with E-state index in [2.05, 4.69) is 25.7 Å². The van der Waals surface area contributed by atoms with E-state index < -0.39 is 0 Å².